The van der Waals surface area contributed by atoms with E-state index in [9.17, 15) is 8.42 Å². The molecule has 1 aliphatic heterocycles. The van der Waals surface area contributed by atoms with Crippen molar-refractivity contribution in [3.05, 3.63) is 29.8 Å². The van der Waals surface area contributed by atoms with Gasteiger partial charge in [0.25, 0.3) is 0 Å². The van der Waals surface area contributed by atoms with Gasteiger partial charge in [0, 0.05) is 19.7 Å². The van der Waals surface area contributed by atoms with Crippen LogP contribution in [0.2, 0.25) is 0 Å². The molecule has 0 amide bonds. The summed E-state index contributed by atoms with van der Waals surface area (Å²) in [5.74, 6) is 0. The van der Waals surface area contributed by atoms with Gasteiger partial charge in [-0.15, -0.1) is 0 Å². The number of nitrogens with zero attached hydrogens (tertiary/aromatic N) is 1. The first-order valence-electron chi connectivity index (χ1n) is 7.67. The number of hydrogen-bond donors (Lipinski definition) is 1. The molecule has 1 saturated heterocycles. The predicted molar refractivity (Wildman–Crippen MR) is 83.6 cm³/mol. The van der Waals surface area contributed by atoms with Gasteiger partial charge in [0.05, 0.1) is 4.90 Å². The monoisotopic (exact) mass is 311 g/mol. The van der Waals surface area contributed by atoms with Crippen LogP contribution in [-0.4, -0.2) is 37.5 Å². The lowest BCUT2D eigenvalue weighted by molar-refractivity contribution is 0.279. The highest BCUT2D eigenvalue weighted by molar-refractivity contribution is 7.89. The molecule has 2 rings (SSSR count). The Hall–Kier alpha value is -0.910. The van der Waals surface area contributed by atoms with Gasteiger partial charge in [-0.25, -0.2) is 8.42 Å². The quantitative estimate of drug-likeness (QED) is 0.878. The molecule has 0 bridgehead atoms. The zero-order chi connectivity index (χ0) is 15.5. The fourth-order valence-electron chi connectivity index (χ4n) is 3.03. The Bertz CT molecular complexity index is 562. The number of aliphatic hydroxyl groups excluding tert-OH is 1. The molecule has 0 aliphatic carbocycles. The maximum atomic E-state index is 12.7. The Morgan fingerprint density at radius 3 is 2.29 bits per heavy atom. The summed E-state index contributed by atoms with van der Waals surface area (Å²) in [6.07, 6.45) is 3.54. The fraction of sp³-hybridized carbons (Fsp3) is 0.625. The molecular weight excluding hydrogens is 286 g/mol. The lowest BCUT2D eigenvalue weighted by Crippen LogP contribution is -2.31. The topological polar surface area (TPSA) is 57.6 Å². The molecular formula is C16H25NO3S. The standard InChI is InChI=1S/C16H25NO3S/c1-3-16(4-2)10-11-17(13-16)21(19,20)15-7-5-14(6-8-15)9-12-18/h5-8,18H,3-4,9-13H2,1-2H3. The van der Waals surface area contributed by atoms with Crippen molar-refractivity contribution < 1.29 is 13.5 Å². The van der Waals surface area contributed by atoms with Crippen molar-refractivity contribution in [2.24, 2.45) is 5.41 Å². The van der Waals surface area contributed by atoms with Gasteiger partial charge in [-0.05, 0) is 48.8 Å². The molecule has 0 aromatic heterocycles. The van der Waals surface area contributed by atoms with E-state index in [0.29, 0.717) is 24.4 Å². The molecule has 118 valence electrons. The first-order valence-corrected chi connectivity index (χ1v) is 9.11. The van der Waals surface area contributed by atoms with Crippen LogP contribution in [0.15, 0.2) is 29.2 Å². The molecule has 1 fully saturated rings. The van der Waals surface area contributed by atoms with Crippen LogP contribution >= 0.6 is 0 Å². The first-order chi connectivity index (χ1) is 9.97. The zero-order valence-electron chi connectivity index (χ0n) is 12.9. The summed E-state index contributed by atoms with van der Waals surface area (Å²) < 4.78 is 27.0. The molecule has 1 N–H and O–H groups in total. The van der Waals surface area contributed by atoms with E-state index in [1.165, 1.54) is 0 Å². The molecule has 1 heterocycles. The van der Waals surface area contributed by atoms with Crippen molar-refractivity contribution in [2.45, 2.75) is 44.4 Å². The molecule has 21 heavy (non-hydrogen) atoms. The minimum absolute atomic E-state index is 0.0771. The van der Waals surface area contributed by atoms with E-state index in [0.717, 1.165) is 24.8 Å². The van der Waals surface area contributed by atoms with Gasteiger partial charge < -0.3 is 5.11 Å². The summed E-state index contributed by atoms with van der Waals surface area (Å²) in [5.41, 5.74) is 1.10. The van der Waals surface area contributed by atoms with Gasteiger partial charge in [-0.1, -0.05) is 26.0 Å². The third kappa shape index (κ3) is 3.30. The van der Waals surface area contributed by atoms with E-state index in [1.807, 2.05) is 0 Å². The van der Waals surface area contributed by atoms with Gasteiger partial charge in [0.15, 0.2) is 0 Å². The van der Waals surface area contributed by atoms with Crippen LogP contribution in [0.1, 0.15) is 38.7 Å². The van der Waals surface area contributed by atoms with Crippen molar-refractivity contribution in [1.29, 1.82) is 0 Å². The highest BCUT2D eigenvalue weighted by Crippen LogP contribution is 2.39. The minimum atomic E-state index is -3.39. The Balaban J connectivity index is 2.19. The highest BCUT2D eigenvalue weighted by Gasteiger charge is 2.40. The van der Waals surface area contributed by atoms with E-state index >= 15 is 0 Å². The summed E-state index contributed by atoms with van der Waals surface area (Å²) in [6.45, 7) is 5.60. The van der Waals surface area contributed by atoms with Crippen molar-refractivity contribution >= 4 is 10.0 Å². The van der Waals surface area contributed by atoms with Crippen LogP contribution < -0.4 is 0 Å². The lowest BCUT2D eigenvalue weighted by atomic mass is 9.82. The summed E-state index contributed by atoms with van der Waals surface area (Å²) in [4.78, 5) is 0.354. The molecule has 0 radical (unpaired) electrons. The predicted octanol–water partition coefficient (Wildman–Crippen LogP) is 2.42. The Labute approximate surface area is 127 Å². The maximum Gasteiger partial charge on any atom is 0.243 e. The smallest absolute Gasteiger partial charge is 0.243 e. The molecule has 5 heteroatoms. The highest BCUT2D eigenvalue weighted by atomic mass is 32.2. The third-order valence-electron chi connectivity index (χ3n) is 4.86. The summed E-state index contributed by atoms with van der Waals surface area (Å²) in [5, 5.41) is 8.91. The number of hydrogen-bond acceptors (Lipinski definition) is 3. The molecule has 0 atom stereocenters. The molecule has 1 aromatic rings. The summed E-state index contributed by atoms with van der Waals surface area (Å²) in [6, 6.07) is 6.87. The van der Waals surface area contributed by atoms with Gasteiger partial charge in [0.2, 0.25) is 10.0 Å². The van der Waals surface area contributed by atoms with Gasteiger partial charge >= 0.3 is 0 Å². The maximum absolute atomic E-state index is 12.7. The number of benzene rings is 1. The van der Waals surface area contributed by atoms with Crippen LogP contribution in [0.5, 0.6) is 0 Å². The average molecular weight is 311 g/mol. The van der Waals surface area contributed by atoms with Gasteiger partial charge in [-0.3, -0.25) is 0 Å². The number of rotatable bonds is 6. The van der Waals surface area contributed by atoms with Gasteiger partial charge in [0.1, 0.15) is 0 Å². The number of aliphatic hydroxyl groups is 1. The van der Waals surface area contributed by atoms with Crippen LogP contribution in [0.3, 0.4) is 0 Å². The third-order valence-corrected chi connectivity index (χ3v) is 6.72. The van der Waals surface area contributed by atoms with Crippen LogP contribution in [0.25, 0.3) is 0 Å². The molecule has 0 saturated carbocycles. The van der Waals surface area contributed by atoms with E-state index in [-0.39, 0.29) is 12.0 Å². The van der Waals surface area contributed by atoms with Crippen molar-refractivity contribution in [1.82, 2.24) is 4.31 Å². The summed E-state index contributed by atoms with van der Waals surface area (Å²) in [7, 11) is -3.39. The minimum Gasteiger partial charge on any atom is -0.396 e. The molecule has 4 nitrogen and oxygen atoms in total. The SMILES string of the molecule is CCC1(CC)CCN(S(=O)(=O)c2ccc(CCO)cc2)C1. The molecule has 0 spiro atoms. The normalized spacial score (nSPS) is 19.0. The second-order valence-corrected chi connectivity index (χ2v) is 7.85. The van der Waals surface area contributed by atoms with Gasteiger partial charge in [-0.2, -0.15) is 4.31 Å². The second kappa shape index (κ2) is 6.46. The Morgan fingerprint density at radius 2 is 1.81 bits per heavy atom. The second-order valence-electron chi connectivity index (χ2n) is 5.91. The van der Waals surface area contributed by atoms with Crippen molar-refractivity contribution in [3.8, 4) is 0 Å². The van der Waals surface area contributed by atoms with Crippen LogP contribution in [0.4, 0.5) is 0 Å². The zero-order valence-corrected chi connectivity index (χ0v) is 13.7. The molecule has 0 unspecified atom stereocenters. The van der Waals surface area contributed by atoms with E-state index in [1.54, 1.807) is 28.6 Å². The first kappa shape index (κ1) is 16.5. The Morgan fingerprint density at radius 1 is 1.19 bits per heavy atom. The fourth-order valence-corrected chi connectivity index (χ4v) is 4.59. The van der Waals surface area contributed by atoms with Crippen molar-refractivity contribution in [3.63, 3.8) is 0 Å². The Kier molecular flexibility index (Phi) is 5.07. The van der Waals surface area contributed by atoms with Crippen LogP contribution in [-0.2, 0) is 16.4 Å². The van der Waals surface area contributed by atoms with Crippen LogP contribution in [0, 0.1) is 5.41 Å². The van der Waals surface area contributed by atoms with Crippen molar-refractivity contribution in [2.75, 3.05) is 19.7 Å². The largest absolute Gasteiger partial charge is 0.396 e. The lowest BCUT2D eigenvalue weighted by Gasteiger charge is -2.26. The van der Waals surface area contributed by atoms with E-state index in [4.69, 9.17) is 5.11 Å². The number of sulfonamides is 1. The average Bonchev–Trinajstić information content (AvgIpc) is 2.94. The molecule has 1 aromatic carbocycles. The van der Waals surface area contributed by atoms with E-state index < -0.39 is 10.0 Å². The summed E-state index contributed by atoms with van der Waals surface area (Å²) >= 11 is 0. The van der Waals surface area contributed by atoms with E-state index in [2.05, 4.69) is 13.8 Å². The molecule has 1 aliphatic rings.